The van der Waals surface area contributed by atoms with Crippen molar-refractivity contribution in [3.05, 3.63) is 24.3 Å². The maximum Gasteiger partial charge on any atom is 0.244 e. The highest BCUT2D eigenvalue weighted by molar-refractivity contribution is 7.89. The lowest BCUT2D eigenvalue weighted by Crippen LogP contribution is -2.30. The molecular weight excluding hydrogens is 278 g/mol. The topological polar surface area (TPSA) is 75.6 Å². The van der Waals surface area contributed by atoms with Crippen molar-refractivity contribution in [3.8, 4) is 5.75 Å². The largest absolute Gasteiger partial charge is 0.495 e. The summed E-state index contributed by atoms with van der Waals surface area (Å²) in [6, 6.07) is 6.52. The van der Waals surface area contributed by atoms with E-state index in [1.165, 1.54) is 13.2 Å². The van der Waals surface area contributed by atoms with Crippen molar-refractivity contribution < 1.29 is 18.3 Å². The Balaban J connectivity index is 2.78. The van der Waals surface area contributed by atoms with E-state index >= 15 is 0 Å². The quantitative estimate of drug-likeness (QED) is 0.729. The number of hydrogen-bond donors (Lipinski definition) is 2. The molecular formula is C14H23NO4S. The lowest BCUT2D eigenvalue weighted by molar-refractivity contribution is 0.251. The third-order valence-corrected chi connectivity index (χ3v) is 4.62. The first-order valence-corrected chi connectivity index (χ1v) is 8.27. The number of rotatable bonds is 9. The van der Waals surface area contributed by atoms with Crippen molar-refractivity contribution in [1.82, 2.24) is 4.72 Å². The van der Waals surface area contributed by atoms with Crippen molar-refractivity contribution >= 4 is 10.0 Å². The van der Waals surface area contributed by atoms with Crippen LogP contribution in [0.15, 0.2) is 29.2 Å². The van der Waals surface area contributed by atoms with Crippen LogP contribution in [0.2, 0.25) is 0 Å². The second-order valence-electron chi connectivity index (χ2n) is 4.67. The first kappa shape index (κ1) is 16.9. The zero-order valence-corrected chi connectivity index (χ0v) is 12.8. The predicted octanol–water partition coefficient (Wildman–Crippen LogP) is 1.77. The molecule has 1 unspecified atom stereocenters. The number of aliphatic hydroxyl groups excluding tert-OH is 1. The monoisotopic (exact) mass is 301 g/mol. The third kappa shape index (κ3) is 4.77. The molecule has 2 N–H and O–H groups in total. The van der Waals surface area contributed by atoms with E-state index in [4.69, 9.17) is 9.84 Å². The number of benzene rings is 1. The highest BCUT2D eigenvalue weighted by Crippen LogP contribution is 2.22. The summed E-state index contributed by atoms with van der Waals surface area (Å²) in [7, 11) is -2.15. The van der Waals surface area contributed by atoms with Crippen LogP contribution in [0.25, 0.3) is 0 Å². The SMILES string of the molecule is CCCC(CCO)CNS(=O)(=O)c1ccccc1OC. The van der Waals surface area contributed by atoms with Crippen LogP contribution < -0.4 is 9.46 Å². The van der Waals surface area contributed by atoms with Crippen LogP contribution in [0, 0.1) is 5.92 Å². The van der Waals surface area contributed by atoms with E-state index in [2.05, 4.69) is 4.72 Å². The van der Waals surface area contributed by atoms with Crippen LogP contribution in [-0.4, -0.2) is 33.8 Å². The summed E-state index contributed by atoms with van der Waals surface area (Å²) in [5, 5.41) is 8.99. The van der Waals surface area contributed by atoms with Crippen LogP contribution in [0.3, 0.4) is 0 Å². The number of aliphatic hydroxyl groups is 1. The first-order chi connectivity index (χ1) is 9.55. The van der Waals surface area contributed by atoms with Gasteiger partial charge in [0.2, 0.25) is 10.0 Å². The molecule has 0 heterocycles. The molecule has 0 bridgehead atoms. The fraction of sp³-hybridized carbons (Fsp3) is 0.571. The molecule has 5 nitrogen and oxygen atoms in total. The van der Waals surface area contributed by atoms with Gasteiger partial charge in [-0.15, -0.1) is 0 Å². The van der Waals surface area contributed by atoms with Gasteiger partial charge in [0.05, 0.1) is 7.11 Å². The first-order valence-electron chi connectivity index (χ1n) is 6.78. The summed E-state index contributed by atoms with van der Waals surface area (Å²) in [4.78, 5) is 0.141. The van der Waals surface area contributed by atoms with Crippen molar-refractivity contribution in [3.63, 3.8) is 0 Å². The second kappa shape index (κ2) is 8.24. The average Bonchev–Trinajstić information content (AvgIpc) is 2.45. The number of para-hydroxylation sites is 1. The van der Waals surface area contributed by atoms with Crippen molar-refractivity contribution in [2.45, 2.75) is 31.1 Å². The van der Waals surface area contributed by atoms with Gasteiger partial charge in [0.15, 0.2) is 0 Å². The fourth-order valence-corrected chi connectivity index (χ4v) is 3.37. The molecule has 20 heavy (non-hydrogen) atoms. The molecule has 0 fully saturated rings. The summed E-state index contributed by atoms with van der Waals surface area (Å²) in [5.41, 5.74) is 0. The Morgan fingerprint density at radius 1 is 1.30 bits per heavy atom. The molecule has 6 heteroatoms. The van der Waals surface area contributed by atoms with E-state index in [1.54, 1.807) is 18.2 Å². The molecule has 1 aromatic rings. The summed E-state index contributed by atoms with van der Waals surface area (Å²) in [6.45, 7) is 2.44. The fourth-order valence-electron chi connectivity index (χ4n) is 2.09. The van der Waals surface area contributed by atoms with Gasteiger partial charge < -0.3 is 9.84 Å². The Labute approximate surface area is 121 Å². The third-order valence-electron chi connectivity index (χ3n) is 3.15. The number of ether oxygens (including phenoxy) is 1. The molecule has 1 atom stereocenters. The molecule has 1 aromatic carbocycles. The number of nitrogens with one attached hydrogen (secondary N) is 1. The molecule has 0 aliphatic carbocycles. The molecule has 0 saturated carbocycles. The molecule has 0 aromatic heterocycles. The molecule has 0 radical (unpaired) electrons. The van der Waals surface area contributed by atoms with Crippen LogP contribution in [0.5, 0.6) is 5.75 Å². The minimum Gasteiger partial charge on any atom is -0.495 e. The Morgan fingerprint density at radius 2 is 2.00 bits per heavy atom. The molecule has 0 saturated heterocycles. The maximum atomic E-state index is 12.3. The zero-order valence-electron chi connectivity index (χ0n) is 12.0. The Kier molecular flexibility index (Phi) is 6.98. The van der Waals surface area contributed by atoms with Gasteiger partial charge in [0, 0.05) is 13.2 Å². The van der Waals surface area contributed by atoms with Gasteiger partial charge in [0.25, 0.3) is 0 Å². The number of methoxy groups -OCH3 is 1. The van der Waals surface area contributed by atoms with Gasteiger partial charge in [-0.3, -0.25) is 0 Å². The van der Waals surface area contributed by atoms with Gasteiger partial charge in [0.1, 0.15) is 10.6 Å². The van der Waals surface area contributed by atoms with Gasteiger partial charge in [-0.05, 0) is 30.9 Å². The minimum atomic E-state index is -3.59. The Bertz CT molecular complexity index is 496. The van der Waals surface area contributed by atoms with E-state index in [1.807, 2.05) is 6.92 Å². The smallest absolute Gasteiger partial charge is 0.244 e. The highest BCUT2D eigenvalue weighted by atomic mass is 32.2. The molecule has 1 rings (SSSR count). The van der Waals surface area contributed by atoms with E-state index in [0.29, 0.717) is 18.7 Å². The summed E-state index contributed by atoms with van der Waals surface area (Å²) < 4.78 is 32.2. The van der Waals surface area contributed by atoms with Crippen molar-refractivity contribution in [2.24, 2.45) is 5.92 Å². The second-order valence-corrected chi connectivity index (χ2v) is 6.41. The molecule has 0 amide bonds. The van der Waals surface area contributed by atoms with Crippen LogP contribution in [-0.2, 0) is 10.0 Å². The normalized spacial score (nSPS) is 13.2. The van der Waals surface area contributed by atoms with Gasteiger partial charge in [-0.2, -0.15) is 0 Å². The average molecular weight is 301 g/mol. The van der Waals surface area contributed by atoms with Crippen LogP contribution in [0.1, 0.15) is 26.2 Å². The van der Waals surface area contributed by atoms with Crippen molar-refractivity contribution in [1.29, 1.82) is 0 Å². The van der Waals surface area contributed by atoms with E-state index in [0.717, 1.165) is 12.8 Å². The summed E-state index contributed by atoms with van der Waals surface area (Å²) in [5.74, 6) is 0.476. The lowest BCUT2D eigenvalue weighted by atomic mass is 10.0. The Hall–Kier alpha value is -1.11. The van der Waals surface area contributed by atoms with E-state index in [9.17, 15) is 8.42 Å². The number of sulfonamides is 1. The minimum absolute atomic E-state index is 0.0705. The maximum absolute atomic E-state index is 12.3. The van der Waals surface area contributed by atoms with Gasteiger partial charge in [-0.1, -0.05) is 25.5 Å². The summed E-state index contributed by atoms with van der Waals surface area (Å²) in [6.07, 6.45) is 2.44. The zero-order chi connectivity index (χ0) is 15.0. The summed E-state index contributed by atoms with van der Waals surface area (Å²) >= 11 is 0. The molecule has 114 valence electrons. The highest BCUT2D eigenvalue weighted by Gasteiger charge is 2.20. The lowest BCUT2D eigenvalue weighted by Gasteiger charge is -2.16. The van der Waals surface area contributed by atoms with Crippen molar-refractivity contribution in [2.75, 3.05) is 20.3 Å². The molecule has 0 spiro atoms. The van der Waals surface area contributed by atoms with E-state index < -0.39 is 10.0 Å². The molecule has 0 aliphatic heterocycles. The van der Waals surface area contributed by atoms with Crippen LogP contribution >= 0.6 is 0 Å². The Morgan fingerprint density at radius 3 is 2.60 bits per heavy atom. The van der Waals surface area contributed by atoms with Gasteiger partial charge >= 0.3 is 0 Å². The standard InChI is InChI=1S/C14H23NO4S/c1-3-6-12(9-10-16)11-15-20(17,18)14-8-5-4-7-13(14)19-2/h4-5,7-8,12,15-16H,3,6,9-11H2,1-2H3. The van der Waals surface area contributed by atoms with E-state index in [-0.39, 0.29) is 17.4 Å². The van der Waals surface area contributed by atoms with Gasteiger partial charge in [-0.25, -0.2) is 13.1 Å². The van der Waals surface area contributed by atoms with Crippen LogP contribution in [0.4, 0.5) is 0 Å². The number of hydrogen-bond acceptors (Lipinski definition) is 4. The predicted molar refractivity (Wildman–Crippen MR) is 78.3 cm³/mol. The molecule has 0 aliphatic rings.